The molecule has 33 heavy (non-hydrogen) atoms. The Morgan fingerprint density at radius 3 is 2.27 bits per heavy atom. The molecule has 2 aliphatic heterocycles. The standard InChI is InChI=1S/C25H29N3O4S/c1-19-4-11-23(12-5-19)33(31,32)27-17-14-21(15-18-27)26-24(29)13-8-20-6-9-22(10-7-20)28-16-2-3-25(28)30/h4-13,21H,2-3,14-18H2,1H3,(H,26,29)/b13-8+. The van der Waals surface area contributed by atoms with Crippen LogP contribution in [0.15, 0.2) is 59.5 Å². The molecule has 0 aliphatic carbocycles. The third-order valence-electron chi connectivity index (χ3n) is 6.16. The number of amides is 2. The van der Waals surface area contributed by atoms with Crippen molar-refractivity contribution in [1.82, 2.24) is 9.62 Å². The van der Waals surface area contributed by atoms with E-state index in [1.165, 1.54) is 10.4 Å². The summed E-state index contributed by atoms with van der Waals surface area (Å²) >= 11 is 0. The van der Waals surface area contributed by atoms with Crippen molar-refractivity contribution in [2.45, 2.75) is 43.5 Å². The first-order valence-electron chi connectivity index (χ1n) is 11.3. The minimum absolute atomic E-state index is 0.0600. The molecule has 2 fully saturated rings. The van der Waals surface area contributed by atoms with Crippen LogP contribution in [0.25, 0.3) is 6.08 Å². The van der Waals surface area contributed by atoms with Crippen LogP contribution in [0.3, 0.4) is 0 Å². The van der Waals surface area contributed by atoms with Crippen LogP contribution in [0.2, 0.25) is 0 Å². The molecule has 2 saturated heterocycles. The summed E-state index contributed by atoms with van der Waals surface area (Å²) in [5.74, 6) is -0.0518. The van der Waals surface area contributed by atoms with E-state index in [1.54, 1.807) is 35.2 Å². The Morgan fingerprint density at radius 1 is 1.00 bits per heavy atom. The molecule has 4 rings (SSSR count). The average molecular weight is 468 g/mol. The Labute approximate surface area is 195 Å². The van der Waals surface area contributed by atoms with Crippen LogP contribution < -0.4 is 10.2 Å². The quantitative estimate of drug-likeness (QED) is 0.662. The van der Waals surface area contributed by atoms with Gasteiger partial charge in [0.1, 0.15) is 0 Å². The smallest absolute Gasteiger partial charge is 0.244 e. The molecule has 7 nitrogen and oxygen atoms in total. The number of sulfonamides is 1. The van der Waals surface area contributed by atoms with Crippen molar-refractivity contribution < 1.29 is 18.0 Å². The molecule has 174 valence electrons. The van der Waals surface area contributed by atoms with Gasteiger partial charge in [-0.2, -0.15) is 4.31 Å². The van der Waals surface area contributed by atoms with Gasteiger partial charge in [0.25, 0.3) is 0 Å². The van der Waals surface area contributed by atoms with Crippen LogP contribution in [0.1, 0.15) is 36.8 Å². The summed E-state index contributed by atoms with van der Waals surface area (Å²) in [5, 5.41) is 2.97. The molecule has 0 radical (unpaired) electrons. The second kappa shape index (κ2) is 9.89. The summed E-state index contributed by atoms with van der Waals surface area (Å²) in [4.78, 5) is 26.3. The van der Waals surface area contributed by atoms with Gasteiger partial charge >= 0.3 is 0 Å². The number of hydrogen-bond acceptors (Lipinski definition) is 4. The lowest BCUT2D eigenvalue weighted by Crippen LogP contribution is -2.46. The Morgan fingerprint density at radius 2 is 1.67 bits per heavy atom. The second-order valence-electron chi connectivity index (χ2n) is 8.57. The predicted molar refractivity (Wildman–Crippen MR) is 128 cm³/mol. The number of anilines is 1. The van der Waals surface area contributed by atoms with Gasteiger partial charge in [0.2, 0.25) is 21.8 Å². The molecular formula is C25H29N3O4S. The highest BCUT2D eigenvalue weighted by atomic mass is 32.2. The van der Waals surface area contributed by atoms with Crippen LogP contribution in [0, 0.1) is 6.92 Å². The zero-order chi connectivity index (χ0) is 23.4. The zero-order valence-corrected chi connectivity index (χ0v) is 19.6. The fourth-order valence-electron chi connectivity index (χ4n) is 4.21. The summed E-state index contributed by atoms with van der Waals surface area (Å²) in [5.41, 5.74) is 2.77. The first-order chi connectivity index (χ1) is 15.8. The van der Waals surface area contributed by atoms with E-state index < -0.39 is 10.0 Å². The van der Waals surface area contributed by atoms with Crippen molar-refractivity contribution in [1.29, 1.82) is 0 Å². The third kappa shape index (κ3) is 5.51. The molecule has 1 N–H and O–H groups in total. The minimum Gasteiger partial charge on any atom is -0.350 e. The molecule has 0 saturated carbocycles. The first kappa shape index (κ1) is 23.2. The Balaban J connectivity index is 1.27. The summed E-state index contributed by atoms with van der Waals surface area (Å²) in [6.07, 6.45) is 5.86. The second-order valence-corrected chi connectivity index (χ2v) is 10.5. The largest absolute Gasteiger partial charge is 0.350 e. The summed E-state index contributed by atoms with van der Waals surface area (Å²) in [7, 11) is -3.51. The van der Waals surface area contributed by atoms with Crippen LogP contribution in [-0.4, -0.2) is 50.2 Å². The fourth-order valence-corrected chi connectivity index (χ4v) is 5.68. The van der Waals surface area contributed by atoms with Gasteiger partial charge in [0.15, 0.2) is 0 Å². The molecule has 2 aromatic carbocycles. The Kier molecular flexibility index (Phi) is 6.95. The molecule has 0 aromatic heterocycles. The van der Waals surface area contributed by atoms with Crippen molar-refractivity contribution in [3.63, 3.8) is 0 Å². The molecule has 0 bridgehead atoms. The summed E-state index contributed by atoms with van der Waals surface area (Å²) < 4.78 is 27.1. The number of carbonyl (C=O) groups excluding carboxylic acids is 2. The predicted octanol–water partition coefficient (Wildman–Crippen LogP) is 3.10. The maximum atomic E-state index is 12.8. The molecule has 2 heterocycles. The number of benzene rings is 2. The average Bonchev–Trinajstić information content (AvgIpc) is 3.24. The lowest BCUT2D eigenvalue weighted by atomic mass is 10.1. The van der Waals surface area contributed by atoms with Gasteiger partial charge in [0, 0.05) is 43.9 Å². The van der Waals surface area contributed by atoms with Crippen molar-refractivity contribution in [3.05, 3.63) is 65.7 Å². The first-order valence-corrected chi connectivity index (χ1v) is 12.7. The number of piperidine rings is 1. The molecule has 2 aliphatic rings. The van der Waals surface area contributed by atoms with E-state index in [9.17, 15) is 18.0 Å². The van der Waals surface area contributed by atoms with Gasteiger partial charge in [-0.15, -0.1) is 0 Å². The summed E-state index contributed by atoms with van der Waals surface area (Å²) in [6.45, 7) is 3.43. The molecule has 0 atom stereocenters. The van der Waals surface area contributed by atoms with Gasteiger partial charge in [-0.25, -0.2) is 8.42 Å². The van der Waals surface area contributed by atoms with Gasteiger partial charge < -0.3 is 10.2 Å². The van der Waals surface area contributed by atoms with E-state index in [2.05, 4.69) is 5.32 Å². The lowest BCUT2D eigenvalue weighted by Gasteiger charge is -2.31. The number of nitrogens with zero attached hydrogens (tertiary/aromatic N) is 2. The van der Waals surface area contributed by atoms with E-state index in [0.717, 1.165) is 29.8 Å². The van der Waals surface area contributed by atoms with E-state index >= 15 is 0 Å². The SMILES string of the molecule is Cc1ccc(S(=O)(=O)N2CCC(NC(=O)/C=C/c3ccc(N4CCCC4=O)cc3)CC2)cc1. The van der Waals surface area contributed by atoms with Crippen LogP contribution >= 0.6 is 0 Å². The summed E-state index contributed by atoms with van der Waals surface area (Å²) in [6, 6.07) is 14.4. The van der Waals surface area contributed by atoms with Crippen molar-refractivity contribution in [2.24, 2.45) is 0 Å². The fraction of sp³-hybridized carbons (Fsp3) is 0.360. The van der Waals surface area contributed by atoms with Crippen molar-refractivity contribution in [3.8, 4) is 0 Å². The Hall–Kier alpha value is -2.97. The number of carbonyl (C=O) groups is 2. The van der Waals surface area contributed by atoms with Crippen molar-refractivity contribution in [2.75, 3.05) is 24.5 Å². The normalized spacial score (nSPS) is 18.2. The highest BCUT2D eigenvalue weighted by molar-refractivity contribution is 7.89. The van der Waals surface area contributed by atoms with Gasteiger partial charge in [-0.3, -0.25) is 9.59 Å². The van der Waals surface area contributed by atoms with Crippen LogP contribution in [0.5, 0.6) is 0 Å². The zero-order valence-electron chi connectivity index (χ0n) is 18.7. The monoisotopic (exact) mass is 467 g/mol. The molecule has 2 aromatic rings. The molecule has 0 unspecified atom stereocenters. The van der Waals surface area contributed by atoms with E-state index in [1.807, 2.05) is 31.2 Å². The third-order valence-corrected chi connectivity index (χ3v) is 8.08. The van der Waals surface area contributed by atoms with E-state index in [0.29, 0.717) is 37.2 Å². The molecule has 0 spiro atoms. The maximum absolute atomic E-state index is 12.8. The number of aryl methyl sites for hydroxylation is 1. The van der Waals surface area contributed by atoms with Gasteiger partial charge in [0.05, 0.1) is 4.90 Å². The molecular weight excluding hydrogens is 438 g/mol. The number of rotatable bonds is 6. The van der Waals surface area contributed by atoms with E-state index in [-0.39, 0.29) is 17.9 Å². The Bertz CT molecular complexity index is 1130. The highest BCUT2D eigenvalue weighted by Crippen LogP contribution is 2.23. The van der Waals surface area contributed by atoms with E-state index in [4.69, 9.17) is 0 Å². The highest BCUT2D eigenvalue weighted by Gasteiger charge is 2.29. The number of hydrogen-bond donors (Lipinski definition) is 1. The van der Waals surface area contributed by atoms with Gasteiger partial charge in [-0.05, 0) is 62.1 Å². The maximum Gasteiger partial charge on any atom is 0.244 e. The number of nitrogens with one attached hydrogen (secondary N) is 1. The minimum atomic E-state index is -3.51. The van der Waals surface area contributed by atoms with Crippen LogP contribution in [-0.2, 0) is 19.6 Å². The molecule has 8 heteroatoms. The molecule has 2 amide bonds. The van der Waals surface area contributed by atoms with Crippen LogP contribution in [0.4, 0.5) is 5.69 Å². The lowest BCUT2D eigenvalue weighted by molar-refractivity contribution is -0.118. The topological polar surface area (TPSA) is 86.8 Å². The van der Waals surface area contributed by atoms with Gasteiger partial charge in [-0.1, -0.05) is 29.8 Å². The van der Waals surface area contributed by atoms with Crippen molar-refractivity contribution >= 4 is 33.6 Å².